The molecule has 0 aromatic rings. The third-order valence-electron chi connectivity index (χ3n) is 2.79. The first-order chi connectivity index (χ1) is 8.66. The van der Waals surface area contributed by atoms with E-state index in [1.54, 1.807) is 21.3 Å². The van der Waals surface area contributed by atoms with Gasteiger partial charge in [0, 0.05) is 27.4 Å². The molecule has 1 aliphatic heterocycles. The highest BCUT2D eigenvalue weighted by Crippen LogP contribution is 2.30. The van der Waals surface area contributed by atoms with E-state index in [0.717, 1.165) is 12.8 Å². The third-order valence-corrected chi connectivity index (χ3v) is 5.62. The molecule has 0 radical (unpaired) electrons. The van der Waals surface area contributed by atoms with Crippen molar-refractivity contribution >= 4 is 8.80 Å². The molecule has 1 unspecified atom stereocenters. The van der Waals surface area contributed by atoms with E-state index in [1.807, 2.05) is 6.92 Å². The number of rotatable bonds is 11. The van der Waals surface area contributed by atoms with Crippen molar-refractivity contribution in [1.82, 2.24) is 0 Å². The second kappa shape index (κ2) is 7.54. The fourth-order valence-electron chi connectivity index (χ4n) is 1.60. The van der Waals surface area contributed by atoms with Crippen LogP contribution in [0.3, 0.4) is 0 Å². The maximum Gasteiger partial charge on any atom is 0.500 e. The minimum atomic E-state index is -2.48. The largest absolute Gasteiger partial charge is 0.500 e. The molecule has 0 bridgehead atoms. The fraction of sp³-hybridized carbons (Fsp3) is 1.00. The van der Waals surface area contributed by atoms with Crippen molar-refractivity contribution in [1.29, 1.82) is 0 Å². The highest BCUT2D eigenvalue weighted by atomic mass is 28.4. The average molecular weight is 280 g/mol. The van der Waals surface area contributed by atoms with Crippen LogP contribution in [0, 0.1) is 0 Å². The van der Waals surface area contributed by atoms with Gasteiger partial charge in [-0.25, -0.2) is 0 Å². The van der Waals surface area contributed by atoms with E-state index >= 15 is 0 Å². The highest BCUT2D eigenvalue weighted by Gasteiger charge is 2.48. The second-order valence-corrected chi connectivity index (χ2v) is 7.16. The van der Waals surface area contributed by atoms with Crippen molar-refractivity contribution in [2.45, 2.75) is 31.8 Å². The molecule has 0 spiro atoms. The lowest BCUT2D eigenvalue weighted by Gasteiger charge is -2.24. The topological polar surface area (TPSA) is 58.7 Å². The molecule has 0 amide bonds. The van der Waals surface area contributed by atoms with Crippen molar-refractivity contribution in [3.8, 4) is 0 Å². The molecule has 1 rings (SSSR count). The first kappa shape index (κ1) is 16.0. The Hall–Kier alpha value is -0.0231. The lowest BCUT2D eigenvalue weighted by atomic mass is 10.5. The highest BCUT2D eigenvalue weighted by molar-refractivity contribution is 6.60. The molecule has 1 heterocycles. The first-order valence-corrected chi connectivity index (χ1v) is 8.16. The second-order valence-electron chi connectivity index (χ2n) is 4.07. The van der Waals surface area contributed by atoms with Crippen molar-refractivity contribution in [2.24, 2.45) is 0 Å². The third kappa shape index (κ3) is 4.58. The van der Waals surface area contributed by atoms with Gasteiger partial charge in [-0.2, -0.15) is 0 Å². The summed E-state index contributed by atoms with van der Waals surface area (Å²) in [6.45, 7) is 3.74. The van der Waals surface area contributed by atoms with E-state index in [9.17, 15) is 0 Å². The van der Waals surface area contributed by atoms with Crippen LogP contribution in [0.25, 0.3) is 0 Å². The van der Waals surface area contributed by atoms with Crippen LogP contribution in [-0.2, 0) is 27.5 Å². The van der Waals surface area contributed by atoms with Crippen molar-refractivity contribution in [2.75, 3.05) is 41.2 Å². The molecule has 1 saturated heterocycles. The number of ether oxygens (including phenoxy) is 3. The zero-order valence-electron chi connectivity index (χ0n) is 11.7. The van der Waals surface area contributed by atoms with Gasteiger partial charge in [-0.15, -0.1) is 0 Å². The number of hydrogen-bond donors (Lipinski definition) is 0. The van der Waals surface area contributed by atoms with Gasteiger partial charge in [-0.05, 0) is 12.8 Å². The molecule has 1 fully saturated rings. The van der Waals surface area contributed by atoms with Gasteiger partial charge in [0.15, 0.2) is 0 Å². The van der Waals surface area contributed by atoms with E-state index in [2.05, 4.69) is 0 Å². The van der Waals surface area contributed by atoms with Crippen LogP contribution in [0.4, 0.5) is 0 Å². The lowest BCUT2D eigenvalue weighted by Crippen LogP contribution is -2.42. The minimum absolute atomic E-state index is 0.508. The van der Waals surface area contributed by atoms with Crippen LogP contribution in [0.1, 0.15) is 19.8 Å². The molecule has 0 aromatic carbocycles. The summed E-state index contributed by atoms with van der Waals surface area (Å²) < 4.78 is 32.2. The molecule has 0 N–H and O–H groups in total. The zero-order valence-corrected chi connectivity index (χ0v) is 12.7. The van der Waals surface area contributed by atoms with Crippen LogP contribution < -0.4 is 0 Å². The molecule has 0 aliphatic carbocycles. The summed E-state index contributed by atoms with van der Waals surface area (Å²) in [5.74, 6) is -0.784. The summed E-state index contributed by atoms with van der Waals surface area (Å²) in [6.07, 6.45) is 1.73. The SMILES string of the molecule is CCCOC1(OCCC[Si](OC)(OC)OC)CO1. The smallest absolute Gasteiger partial charge is 0.377 e. The Morgan fingerprint density at radius 1 is 1.06 bits per heavy atom. The minimum Gasteiger partial charge on any atom is -0.377 e. The van der Waals surface area contributed by atoms with Crippen LogP contribution in [0.2, 0.25) is 6.04 Å². The van der Waals surface area contributed by atoms with Crippen LogP contribution >= 0.6 is 0 Å². The lowest BCUT2D eigenvalue weighted by molar-refractivity contribution is -0.226. The van der Waals surface area contributed by atoms with Gasteiger partial charge in [0.25, 0.3) is 0 Å². The van der Waals surface area contributed by atoms with Crippen LogP contribution in [-0.4, -0.2) is 55.9 Å². The van der Waals surface area contributed by atoms with Gasteiger partial charge < -0.3 is 27.5 Å². The zero-order chi connectivity index (χ0) is 13.5. The Labute approximate surface area is 110 Å². The molecule has 0 aromatic heterocycles. The van der Waals surface area contributed by atoms with E-state index in [0.29, 0.717) is 25.9 Å². The molecular formula is C11H24O6Si. The Bertz CT molecular complexity index is 221. The van der Waals surface area contributed by atoms with Crippen molar-refractivity contribution < 1.29 is 27.5 Å². The maximum absolute atomic E-state index is 5.58. The van der Waals surface area contributed by atoms with Gasteiger partial charge >= 0.3 is 14.8 Å². The number of hydrogen-bond acceptors (Lipinski definition) is 6. The summed E-state index contributed by atoms with van der Waals surface area (Å²) in [5, 5.41) is 0. The van der Waals surface area contributed by atoms with Gasteiger partial charge in [-0.1, -0.05) is 6.92 Å². The standard InChI is InChI=1S/C11H24O6Si/c1-5-7-15-11(10-17-11)16-8-6-9-18(12-2,13-3)14-4/h5-10H2,1-4H3. The van der Waals surface area contributed by atoms with E-state index in [1.165, 1.54) is 0 Å². The fourth-order valence-corrected chi connectivity index (χ4v) is 3.29. The van der Waals surface area contributed by atoms with Gasteiger partial charge in [0.1, 0.15) is 6.61 Å². The Morgan fingerprint density at radius 2 is 1.61 bits per heavy atom. The summed E-state index contributed by atoms with van der Waals surface area (Å²) in [6, 6.07) is 0.709. The molecule has 1 atom stereocenters. The first-order valence-electron chi connectivity index (χ1n) is 6.23. The summed E-state index contributed by atoms with van der Waals surface area (Å²) in [4.78, 5) is 0. The van der Waals surface area contributed by atoms with E-state index in [4.69, 9.17) is 27.5 Å². The monoisotopic (exact) mass is 280 g/mol. The summed E-state index contributed by atoms with van der Waals surface area (Å²) in [5.41, 5.74) is 0. The quantitative estimate of drug-likeness (QED) is 0.247. The molecular weight excluding hydrogens is 256 g/mol. The summed E-state index contributed by atoms with van der Waals surface area (Å²) in [7, 11) is 2.34. The van der Waals surface area contributed by atoms with Crippen LogP contribution in [0.5, 0.6) is 0 Å². The summed E-state index contributed by atoms with van der Waals surface area (Å²) >= 11 is 0. The van der Waals surface area contributed by atoms with E-state index < -0.39 is 14.8 Å². The molecule has 108 valence electrons. The number of epoxide rings is 1. The normalized spacial score (nSPS) is 23.3. The molecule has 7 heteroatoms. The maximum atomic E-state index is 5.58. The van der Waals surface area contributed by atoms with Gasteiger partial charge in [-0.3, -0.25) is 0 Å². The predicted molar refractivity (Wildman–Crippen MR) is 67.1 cm³/mol. The van der Waals surface area contributed by atoms with Crippen molar-refractivity contribution in [3.05, 3.63) is 0 Å². The average Bonchev–Trinajstić information content (AvgIpc) is 3.18. The van der Waals surface area contributed by atoms with Crippen LogP contribution in [0.15, 0.2) is 0 Å². The Kier molecular flexibility index (Phi) is 6.71. The van der Waals surface area contributed by atoms with Gasteiger partial charge in [0.2, 0.25) is 0 Å². The Morgan fingerprint density at radius 3 is 2.06 bits per heavy atom. The molecule has 1 aliphatic rings. The predicted octanol–water partition coefficient (Wildman–Crippen LogP) is 1.38. The molecule has 0 saturated carbocycles. The Balaban J connectivity index is 2.18. The van der Waals surface area contributed by atoms with Crippen molar-refractivity contribution in [3.63, 3.8) is 0 Å². The van der Waals surface area contributed by atoms with E-state index in [-0.39, 0.29) is 0 Å². The molecule has 18 heavy (non-hydrogen) atoms. The van der Waals surface area contributed by atoms with Gasteiger partial charge in [0.05, 0.1) is 13.2 Å². The molecule has 6 nitrogen and oxygen atoms in total.